The van der Waals surface area contributed by atoms with Gasteiger partial charge in [-0.3, -0.25) is 0 Å². The maximum atomic E-state index is 4.58. The minimum atomic E-state index is -0.441. The van der Waals surface area contributed by atoms with Gasteiger partial charge in [0.1, 0.15) is 0 Å². The lowest BCUT2D eigenvalue weighted by Gasteiger charge is -2.36. The van der Waals surface area contributed by atoms with Gasteiger partial charge in [-0.05, 0) is 171 Å². The predicted octanol–water partition coefficient (Wildman–Crippen LogP) is 14.9. The summed E-state index contributed by atoms with van der Waals surface area (Å²) in [6, 6.07) is 60.0. The Morgan fingerprint density at radius 2 is 1.17 bits per heavy atom. The molecule has 1 atom stereocenters. The fourth-order valence-electron chi connectivity index (χ4n) is 12.0. The first kappa shape index (κ1) is 34.4. The summed E-state index contributed by atoms with van der Waals surface area (Å²) in [5.74, 6) is 0. The van der Waals surface area contributed by atoms with Crippen molar-refractivity contribution >= 4 is 22.6 Å². The summed E-state index contributed by atoms with van der Waals surface area (Å²) in [5.41, 5.74) is 25.5. The molecule has 1 saturated carbocycles. The Bertz CT molecular complexity index is 3000. The maximum absolute atomic E-state index is 4.58. The number of fused-ring (bicyclic) bond motifs is 14. The fourth-order valence-corrected chi connectivity index (χ4v) is 12.0. The van der Waals surface area contributed by atoms with Crippen LogP contribution in [0.25, 0.3) is 39.0 Å². The van der Waals surface area contributed by atoms with E-state index in [4.69, 9.17) is 0 Å². The highest BCUT2D eigenvalue weighted by Gasteiger charge is 2.53. The number of hydrogen-bond acceptors (Lipinski definition) is 1. The van der Waals surface area contributed by atoms with Gasteiger partial charge in [0.25, 0.3) is 0 Å². The molecule has 12 rings (SSSR count). The Kier molecular flexibility index (Phi) is 7.40. The smallest absolute Gasteiger partial charge is 0.0732 e. The summed E-state index contributed by atoms with van der Waals surface area (Å²) in [7, 11) is 0. The van der Waals surface area contributed by atoms with Crippen molar-refractivity contribution in [3.8, 4) is 33.4 Å². The zero-order valence-electron chi connectivity index (χ0n) is 33.8. The Hall–Kier alpha value is -6.62. The van der Waals surface area contributed by atoms with Crippen LogP contribution in [-0.4, -0.2) is 0 Å². The van der Waals surface area contributed by atoms with Gasteiger partial charge in [-0.1, -0.05) is 141 Å². The quantitative estimate of drug-likeness (QED) is 0.173. The molecule has 0 saturated heterocycles. The van der Waals surface area contributed by atoms with Crippen molar-refractivity contribution in [3.63, 3.8) is 0 Å². The van der Waals surface area contributed by atoms with E-state index in [0.717, 1.165) is 23.2 Å². The monoisotopic (exact) mass is 755 g/mol. The molecule has 282 valence electrons. The largest absolute Gasteiger partial charge is 0.310 e. The van der Waals surface area contributed by atoms with Gasteiger partial charge in [-0.2, -0.15) is 0 Å². The van der Waals surface area contributed by atoms with E-state index in [1.165, 1.54) is 127 Å². The standard InChI is InChI=1S/C58H45N/c1-37-16-5-6-18-43(37)44-29-26-40(34-39(44)3)59(42-27-30-47-45-19-7-10-22-50(45)57(55(47)36-42)32-13-4-14-33-57)41-28-31-53-49(35-41)46-20-8-11-23-51(46)58(53)52-24-12-9-21-48(52)56-38(2)17-15-25-54(56)58/h5-8,10-12,15-16,18-20,22-31,34-36H,2,4,13-14,17,32-33H2,1,3H3. The lowest BCUT2D eigenvalue weighted by atomic mass is 9.68. The second-order valence-electron chi connectivity index (χ2n) is 17.5. The molecule has 0 N–H and O–H groups in total. The summed E-state index contributed by atoms with van der Waals surface area (Å²) in [6.45, 7) is 9.07. The number of hydrogen-bond donors (Lipinski definition) is 0. The SMILES string of the molecule is C=C1CC=CC2=C1c1c#cccc1C21c2ccccc2-c2cc(N(c3ccc(-c4ccccc4C)c(C)c3)c3ccc4c(c3)C3(CCCCC3)c3ccccc3-4)ccc21. The third kappa shape index (κ3) is 4.64. The van der Waals surface area contributed by atoms with Gasteiger partial charge in [0.15, 0.2) is 0 Å². The third-order valence-electron chi connectivity index (χ3n) is 14.5. The molecule has 0 heterocycles. The number of nitrogens with zero attached hydrogens (tertiary/aromatic N) is 1. The van der Waals surface area contributed by atoms with E-state index >= 15 is 0 Å². The Morgan fingerprint density at radius 3 is 1.97 bits per heavy atom. The number of allylic oxidation sites excluding steroid dienone is 5. The lowest BCUT2D eigenvalue weighted by molar-refractivity contribution is 0.353. The molecule has 0 aliphatic heterocycles. The van der Waals surface area contributed by atoms with E-state index < -0.39 is 5.41 Å². The summed E-state index contributed by atoms with van der Waals surface area (Å²) >= 11 is 0. The van der Waals surface area contributed by atoms with Gasteiger partial charge >= 0.3 is 0 Å². The molecule has 1 fully saturated rings. The zero-order chi connectivity index (χ0) is 39.5. The van der Waals surface area contributed by atoms with Gasteiger partial charge in [0.2, 0.25) is 0 Å². The lowest BCUT2D eigenvalue weighted by Crippen LogP contribution is -2.28. The van der Waals surface area contributed by atoms with Crippen LogP contribution in [-0.2, 0) is 10.8 Å². The molecule has 5 aliphatic carbocycles. The number of benzene rings is 6. The molecular formula is C58H45N. The van der Waals surface area contributed by atoms with Crippen LogP contribution in [0.3, 0.4) is 0 Å². The van der Waals surface area contributed by atoms with E-state index in [2.05, 4.69) is 183 Å². The van der Waals surface area contributed by atoms with Gasteiger partial charge in [-0.15, -0.1) is 0 Å². The third-order valence-corrected chi connectivity index (χ3v) is 14.5. The molecule has 2 spiro atoms. The molecule has 1 nitrogen and oxygen atoms in total. The minimum absolute atomic E-state index is 0.0625. The summed E-state index contributed by atoms with van der Waals surface area (Å²) < 4.78 is 0. The van der Waals surface area contributed by atoms with Gasteiger partial charge in [-0.25, -0.2) is 0 Å². The van der Waals surface area contributed by atoms with Crippen molar-refractivity contribution in [1.82, 2.24) is 0 Å². The molecular weight excluding hydrogens is 711 g/mol. The first-order valence-corrected chi connectivity index (χ1v) is 21.5. The first-order valence-electron chi connectivity index (χ1n) is 21.5. The zero-order valence-corrected chi connectivity index (χ0v) is 33.8. The normalized spacial score (nSPS) is 18.6. The van der Waals surface area contributed by atoms with Gasteiger partial charge < -0.3 is 4.90 Å². The van der Waals surface area contributed by atoms with Crippen molar-refractivity contribution in [2.24, 2.45) is 0 Å². The van der Waals surface area contributed by atoms with Crippen LogP contribution in [0.1, 0.15) is 83.0 Å². The van der Waals surface area contributed by atoms with Crippen LogP contribution in [0.5, 0.6) is 0 Å². The van der Waals surface area contributed by atoms with Gasteiger partial charge in [0.05, 0.1) is 5.41 Å². The average molecular weight is 756 g/mol. The molecule has 1 heteroatoms. The number of rotatable bonds is 4. The Balaban J connectivity index is 1.09. The molecule has 0 radical (unpaired) electrons. The highest BCUT2D eigenvalue weighted by Crippen LogP contribution is 2.64. The number of anilines is 3. The maximum Gasteiger partial charge on any atom is 0.0732 e. The van der Waals surface area contributed by atoms with Crippen molar-refractivity contribution in [2.45, 2.75) is 63.2 Å². The molecule has 7 aromatic carbocycles. The van der Waals surface area contributed by atoms with Gasteiger partial charge in [0, 0.05) is 28.0 Å². The van der Waals surface area contributed by atoms with Crippen LogP contribution in [0.15, 0.2) is 169 Å². The van der Waals surface area contributed by atoms with E-state index in [1.54, 1.807) is 0 Å². The van der Waals surface area contributed by atoms with Crippen LogP contribution in [0.2, 0.25) is 0 Å². The molecule has 59 heavy (non-hydrogen) atoms. The summed E-state index contributed by atoms with van der Waals surface area (Å²) in [6.07, 6.45) is 11.8. The van der Waals surface area contributed by atoms with E-state index in [1.807, 2.05) is 6.07 Å². The topological polar surface area (TPSA) is 3.24 Å². The van der Waals surface area contributed by atoms with Crippen LogP contribution in [0.4, 0.5) is 17.1 Å². The highest BCUT2D eigenvalue weighted by atomic mass is 15.1. The molecule has 5 aliphatic rings. The van der Waals surface area contributed by atoms with E-state index in [-0.39, 0.29) is 5.41 Å². The first-order chi connectivity index (χ1) is 29.0. The van der Waals surface area contributed by atoms with Crippen LogP contribution in [0, 0.1) is 26.0 Å². The molecule has 0 aromatic heterocycles. The Morgan fingerprint density at radius 1 is 0.542 bits per heavy atom. The molecule has 0 amide bonds. The fraction of sp³-hybridized carbons (Fsp3) is 0.172. The van der Waals surface area contributed by atoms with Crippen LogP contribution < -0.4 is 4.90 Å². The predicted molar refractivity (Wildman–Crippen MR) is 245 cm³/mol. The van der Waals surface area contributed by atoms with E-state index in [0.29, 0.717) is 0 Å². The van der Waals surface area contributed by atoms with Crippen molar-refractivity contribution in [1.29, 1.82) is 0 Å². The average Bonchev–Trinajstić information content (AvgIpc) is 3.84. The minimum Gasteiger partial charge on any atom is -0.310 e. The molecule has 1 unspecified atom stereocenters. The molecule has 0 bridgehead atoms. The summed E-state index contributed by atoms with van der Waals surface area (Å²) in [4.78, 5) is 2.53. The second kappa shape index (κ2) is 12.7. The highest BCUT2D eigenvalue weighted by molar-refractivity contribution is 6.00. The Labute approximate surface area is 348 Å². The molecule has 7 aromatic rings. The van der Waals surface area contributed by atoms with Crippen molar-refractivity contribution in [2.75, 3.05) is 4.90 Å². The summed E-state index contributed by atoms with van der Waals surface area (Å²) in [5, 5.41) is 0. The van der Waals surface area contributed by atoms with E-state index in [9.17, 15) is 0 Å². The number of aryl methyl sites for hydroxylation is 2. The van der Waals surface area contributed by atoms with Crippen molar-refractivity contribution < 1.29 is 0 Å². The van der Waals surface area contributed by atoms with Crippen molar-refractivity contribution in [3.05, 3.63) is 226 Å². The van der Waals surface area contributed by atoms with Crippen LogP contribution >= 0.6 is 0 Å². The second-order valence-corrected chi connectivity index (χ2v) is 17.5.